The number of aromatic nitrogens is 1. The number of aryl methyl sites for hydroxylation is 1. The largest absolute Gasteiger partial charge is 0.497 e. The molecule has 0 saturated carbocycles. The number of likely N-dealkylation sites (tertiary alicyclic amines) is 1. The molecule has 1 atom stereocenters. The van der Waals surface area contributed by atoms with E-state index in [1.165, 1.54) is 10.4 Å². The van der Waals surface area contributed by atoms with Gasteiger partial charge in [0, 0.05) is 62.8 Å². The third-order valence-electron chi connectivity index (χ3n) is 4.95. The van der Waals surface area contributed by atoms with E-state index in [9.17, 15) is 0 Å². The normalized spacial score (nSPS) is 16.8. The number of nitrogens with zero attached hydrogens (tertiary/aromatic N) is 3. The molecule has 1 aromatic carbocycles. The Morgan fingerprint density at radius 3 is 2.60 bits per heavy atom. The zero-order valence-electron chi connectivity index (χ0n) is 18.1. The molecule has 0 spiro atoms. The van der Waals surface area contributed by atoms with Crippen LogP contribution in [0, 0.1) is 6.92 Å². The summed E-state index contributed by atoms with van der Waals surface area (Å²) in [7, 11) is 5.18. The van der Waals surface area contributed by atoms with Crippen LogP contribution in [-0.2, 0) is 13.0 Å². The molecule has 30 heavy (non-hydrogen) atoms. The molecule has 1 unspecified atom stereocenters. The van der Waals surface area contributed by atoms with Gasteiger partial charge in [0.15, 0.2) is 5.96 Å². The summed E-state index contributed by atoms with van der Waals surface area (Å²) >= 11 is 1.75. The smallest absolute Gasteiger partial charge is 0.191 e. The summed E-state index contributed by atoms with van der Waals surface area (Å²) in [5.41, 5.74) is 1.20. The summed E-state index contributed by atoms with van der Waals surface area (Å²) in [5, 5.41) is 8.11. The highest BCUT2D eigenvalue weighted by molar-refractivity contribution is 14.0. The molecule has 1 aliphatic rings. The zero-order valence-corrected chi connectivity index (χ0v) is 21.3. The first-order valence-electron chi connectivity index (χ1n) is 9.92. The Morgan fingerprint density at radius 2 is 2.00 bits per heavy atom. The Labute approximate surface area is 200 Å². The second kappa shape index (κ2) is 12.3. The van der Waals surface area contributed by atoms with Gasteiger partial charge >= 0.3 is 0 Å². The average molecular weight is 545 g/mol. The molecule has 1 saturated heterocycles. The van der Waals surface area contributed by atoms with Crippen LogP contribution in [0.1, 0.15) is 21.9 Å². The first-order valence-corrected chi connectivity index (χ1v) is 10.7. The summed E-state index contributed by atoms with van der Waals surface area (Å²) in [4.78, 5) is 12.5. The van der Waals surface area contributed by atoms with Crippen LogP contribution in [0.4, 0.5) is 0 Å². The molecular formula is C21H32IN5O2S. The van der Waals surface area contributed by atoms with Gasteiger partial charge in [-0.25, -0.2) is 4.98 Å². The predicted octanol–water partition coefficient (Wildman–Crippen LogP) is 3.07. The monoisotopic (exact) mass is 545 g/mol. The van der Waals surface area contributed by atoms with Gasteiger partial charge in [0.2, 0.25) is 0 Å². The molecule has 1 aliphatic heterocycles. The molecule has 9 heteroatoms. The fourth-order valence-corrected chi connectivity index (χ4v) is 4.29. The second-order valence-electron chi connectivity index (χ2n) is 7.20. The standard InChI is InChI=1S/C21H31N5O2S.HI/c1-15-12-24-20(29-15)5-7-23-21(22-2)25-17-6-8-26(14-17)13-16-9-18(27-3)11-19(10-16)28-4;/h9-12,17H,5-8,13-14H2,1-4H3,(H2,22,23,25);1H. The summed E-state index contributed by atoms with van der Waals surface area (Å²) in [5.74, 6) is 2.51. The van der Waals surface area contributed by atoms with Gasteiger partial charge < -0.3 is 20.1 Å². The van der Waals surface area contributed by atoms with Gasteiger partial charge in [-0.3, -0.25) is 9.89 Å². The molecule has 2 aromatic rings. The number of methoxy groups -OCH3 is 2. The SMILES string of the molecule is CN=C(NCCc1ncc(C)s1)NC1CCN(Cc2cc(OC)cc(OC)c2)C1.I. The minimum absolute atomic E-state index is 0. The molecule has 0 bridgehead atoms. The molecule has 0 amide bonds. The maximum atomic E-state index is 5.38. The van der Waals surface area contributed by atoms with E-state index in [0.29, 0.717) is 6.04 Å². The Bertz CT molecular complexity index is 807. The number of rotatable bonds is 8. The van der Waals surface area contributed by atoms with Crippen molar-refractivity contribution in [3.63, 3.8) is 0 Å². The molecule has 166 valence electrons. The number of nitrogens with one attached hydrogen (secondary N) is 2. The van der Waals surface area contributed by atoms with Crippen molar-refractivity contribution in [1.82, 2.24) is 20.5 Å². The lowest BCUT2D eigenvalue weighted by molar-refractivity contribution is 0.321. The van der Waals surface area contributed by atoms with E-state index in [2.05, 4.69) is 44.6 Å². The highest BCUT2D eigenvalue weighted by atomic mass is 127. The summed E-state index contributed by atoms with van der Waals surface area (Å²) in [6, 6.07) is 6.44. The van der Waals surface area contributed by atoms with E-state index in [1.54, 1.807) is 25.6 Å². The minimum atomic E-state index is 0. The fraction of sp³-hybridized carbons (Fsp3) is 0.524. The number of benzene rings is 1. The van der Waals surface area contributed by atoms with E-state index in [-0.39, 0.29) is 24.0 Å². The van der Waals surface area contributed by atoms with Crippen molar-refractivity contribution in [2.75, 3.05) is 40.9 Å². The van der Waals surface area contributed by atoms with Crippen LogP contribution in [0.2, 0.25) is 0 Å². The summed E-state index contributed by atoms with van der Waals surface area (Å²) in [6.45, 7) is 5.81. The summed E-state index contributed by atoms with van der Waals surface area (Å²) < 4.78 is 10.8. The van der Waals surface area contributed by atoms with E-state index in [1.807, 2.05) is 19.3 Å². The van der Waals surface area contributed by atoms with Crippen molar-refractivity contribution in [1.29, 1.82) is 0 Å². The third kappa shape index (κ3) is 7.28. The van der Waals surface area contributed by atoms with Crippen LogP contribution in [0.25, 0.3) is 0 Å². The number of aliphatic imine (C=N–C) groups is 1. The molecule has 2 heterocycles. The molecule has 2 N–H and O–H groups in total. The van der Waals surface area contributed by atoms with Gasteiger partial charge in [0.05, 0.1) is 19.2 Å². The lowest BCUT2D eigenvalue weighted by atomic mass is 10.2. The van der Waals surface area contributed by atoms with E-state index in [0.717, 1.165) is 61.5 Å². The van der Waals surface area contributed by atoms with Crippen molar-refractivity contribution in [2.45, 2.75) is 32.4 Å². The van der Waals surface area contributed by atoms with Crippen LogP contribution < -0.4 is 20.1 Å². The Balaban J connectivity index is 0.00000320. The van der Waals surface area contributed by atoms with Crippen LogP contribution in [0.15, 0.2) is 29.4 Å². The van der Waals surface area contributed by atoms with Crippen LogP contribution in [-0.4, -0.2) is 62.8 Å². The fourth-order valence-electron chi connectivity index (χ4n) is 3.50. The maximum Gasteiger partial charge on any atom is 0.191 e. The van der Waals surface area contributed by atoms with Crippen molar-refractivity contribution >= 4 is 41.3 Å². The highest BCUT2D eigenvalue weighted by Gasteiger charge is 2.23. The molecule has 3 rings (SSSR count). The van der Waals surface area contributed by atoms with Gasteiger partial charge in [-0.15, -0.1) is 35.3 Å². The molecule has 0 aliphatic carbocycles. The predicted molar refractivity (Wildman–Crippen MR) is 134 cm³/mol. The lowest BCUT2D eigenvalue weighted by Crippen LogP contribution is -2.45. The molecule has 1 aromatic heterocycles. The van der Waals surface area contributed by atoms with E-state index < -0.39 is 0 Å². The number of thiazole rings is 1. The van der Waals surface area contributed by atoms with Crippen molar-refractivity contribution in [3.8, 4) is 11.5 Å². The number of halogens is 1. The molecular weight excluding hydrogens is 513 g/mol. The summed E-state index contributed by atoms with van der Waals surface area (Å²) in [6.07, 6.45) is 3.93. The molecule has 7 nitrogen and oxygen atoms in total. The molecule has 1 fully saturated rings. The van der Waals surface area contributed by atoms with Crippen LogP contribution >= 0.6 is 35.3 Å². The Morgan fingerprint density at radius 1 is 1.27 bits per heavy atom. The van der Waals surface area contributed by atoms with E-state index in [4.69, 9.17) is 9.47 Å². The van der Waals surface area contributed by atoms with Gasteiger partial charge in [-0.05, 0) is 31.0 Å². The average Bonchev–Trinajstić information content (AvgIpc) is 3.35. The van der Waals surface area contributed by atoms with Gasteiger partial charge in [-0.2, -0.15) is 0 Å². The first-order chi connectivity index (χ1) is 14.1. The quantitative estimate of drug-likeness (QED) is 0.302. The topological polar surface area (TPSA) is 71.0 Å². The van der Waals surface area contributed by atoms with Crippen molar-refractivity contribution < 1.29 is 9.47 Å². The Hall–Kier alpha value is -1.59. The maximum absolute atomic E-state index is 5.38. The number of hydrogen-bond donors (Lipinski definition) is 2. The molecule has 0 radical (unpaired) electrons. The van der Waals surface area contributed by atoms with Crippen LogP contribution in [0.5, 0.6) is 11.5 Å². The van der Waals surface area contributed by atoms with Crippen LogP contribution in [0.3, 0.4) is 0 Å². The second-order valence-corrected chi connectivity index (χ2v) is 8.52. The van der Waals surface area contributed by atoms with E-state index >= 15 is 0 Å². The highest BCUT2D eigenvalue weighted by Crippen LogP contribution is 2.24. The van der Waals surface area contributed by atoms with Gasteiger partial charge in [0.25, 0.3) is 0 Å². The lowest BCUT2D eigenvalue weighted by Gasteiger charge is -2.19. The number of guanidine groups is 1. The number of ether oxygens (including phenoxy) is 2. The first kappa shape index (κ1) is 24.7. The third-order valence-corrected chi connectivity index (χ3v) is 5.93. The van der Waals surface area contributed by atoms with Crippen molar-refractivity contribution in [2.24, 2.45) is 4.99 Å². The van der Waals surface area contributed by atoms with Crippen molar-refractivity contribution in [3.05, 3.63) is 39.8 Å². The zero-order chi connectivity index (χ0) is 20.6. The van der Waals surface area contributed by atoms with Gasteiger partial charge in [0.1, 0.15) is 11.5 Å². The Kier molecular flexibility index (Phi) is 10.1. The number of hydrogen-bond acceptors (Lipinski definition) is 6. The minimum Gasteiger partial charge on any atom is -0.497 e. The van der Waals surface area contributed by atoms with Gasteiger partial charge in [-0.1, -0.05) is 0 Å².